The van der Waals surface area contributed by atoms with Crippen molar-refractivity contribution >= 4 is 46.2 Å². The first-order valence-corrected chi connectivity index (χ1v) is 8.04. The van der Waals surface area contributed by atoms with Crippen molar-refractivity contribution in [1.82, 2.24) is 4.98 Å². The van der Waals surface area contributed by atoms with Gasteiger partial charge < -0.3 is 9.52 Å². The number of thiophene rings is 1. The highest BCUT2D eigenvalue weighted by Crippen LogP contribution is 2.28. The number of carboxylic acid groups (broad SMARTS) is 1. The van der Waals surface area contributed by atoms with E-state index in [2.05, 4.69) is 4.98 Å². The van der Waals surface area contributed by atoms with Gasteiger partial charge in [-0.25, -0.2) is 9.78 Å². The summed E-state index contributed by atoms with van der Waals surface area (Å²) in [4.78, 5) is 16.0. The average Bonchev–Trinajstić information content (AvgIpc) is 3.09. The predicted molar refractivity (Wildman–Crippen MR) is 84.6 cm³/mol. The molecular weight excluding hydrogens is 306 g/mol. The van der Waals surface area contributed by atoms with Crippen LogP contribution < -0.4 is 0 Å². The van der Waals surface area contributed by atoms with Crippen LogP contribution in [0.2, 0.25) is 0 Å². The Morgan fingerprint density at radius 2 is 2.29 bits per heavy atom. The first-order chi connectivity index (χ1) is 10.2. The molecule has 0 bridgehead atoms. The summed E-state index contributed by atoms with van der Waals surface area (Å²) < 4.78 is 5.64. The molecule has 3 rings (SSSR count). The summed E-state index contributed by atoms with van der Waals surface area (Å²) in [6.07, 6.45) is 2.73. The van der Waals surface area contributed by atoms with Crippen molar-refractivity contribution in [3.63, 3.8) is 0 Å². The number of hydrogen-bond acceptors (Lipinski definition) is 5. The highest BCUT2D eigenvalue weighted by Gasteiger charge is 2.07. The number of rotatable bonds is 5. The molecule has 1 N–H and O–H groups in total. The van der Waals surface area contributed by atoms with Gasteiger partial charge in [-0.1, -0.05) is 23.9 Å². The van der Waals surface area contributed by atoms with E-state index in [0.717, 1.165) is 33.4 Å². The SMILES string of the molecule is O=C(O)C=Cc1csc(CSc2nc3ccccc3o2)c1. The van der Waals surface area contributed by atoms with Crippen LogP contribution in [0.3, 0.4) is 0 Å². The van der Waals surface area contributed by atoms with Crippen LogP contribution >= 0.6 is 23.1 Å². The van der Waals surface area contributed by atoms with E-state index in [1.165, 1.54) is 11.8 Å². The van der Waals surface area contributed by atoms with Crippen molar-refractivity contribution < 1.29 is 14.3 Å². The second kappa shape index (κ2) is 6.15. The van der Waals surface area contributed by atoms with Gasteiger partial charge in [0.25, 0.3) is 5.22 Å². The fourth-order valence-corrected chi connectivity index (χ4v) is 3.52. The van der Waals surface area contributed by atoms with Crippen LogP contribution in [0, 0.1) is 0 Å². The highest BCUT2D eigenvalue weighted by molar-refractivity contribution is 7.98. The van der Waals surface area contributed by atoms with Crippen LogP contribution in [0.4, 0.5) is 0 Å². The lowest BCUT2D eigenvalue weighted by Crippen LogP contribution is -1.84. The van der Waals surface area contributed by atoms with Gasteiger partial charge in [0.15, 0.2) is 5.58 Å². The lowest BCUT2D eigenvalue weighted by molar-refractivity contribution is -0.131. The number of aromatic nitrogens is 1. The fourth-order valence-electron chi connectivity index (χ4n) is 1.77. The van der Waals surface area contributed by atoms with E-state index in [-0.39, 0.29) is 0 Å². The Morgan fingerprint density at radius 3 is 3.10 bits per heavy atom. The van der Waals surface area contributed by atoms with E-state index in [0.29, 0.717) is 5.22 Å². The predicted octanol–water partition coefficient (Wildman–Crippen LogP) is 4.28. The number of nitrogens with zero attached hydrogens (tertiary/aromatic N) is 1. The van der Waals surface area contributed by atoms with Gasteiger partial charge >= 0.3 is 5.97 Å². The molecule has 0 aliphatic carbocycles. The molecule has 1 aromatic carbocycles. The van der Waals surface area contributed by atoms with Gasteiger partial charge in [0.2, 0.25) is 0 Å². The van der Waals surface area contributed by atoms with E-state index in [1.807, 2.05) is 35.7 Å². The van der Waals surface area contributed by atoms with Gasteiger partial charge in [-0.05, 0) is 35.2 Å². The van der Waals surface area contributed by atoms with Crippen molar-refractivity contribution in [2.75, 3.05) is 0 Å². The third-order valence-electron chi connectivity index (χ3n) is 2.70. The zero-order valence-electron chi connectivity index (χ0n) is 10.9. The third-order valence-corrected chi connectivity index (χ3v) is 4.72. The van der Waals surface area contributed by atoms with Gasteiger partial charge in [-0.15, -0.1) is 11.3 Å². The quantitative estimate of drug-likeness (QED) is 0.562. The second-order valence-corrected chi connectivity index (χ2v) is 6.18. The van der Waals surface area contributed by atoms with Crippen LogP contribution in [0.1, 0.15) is 10.4 Å². The standard InChI is InChI=1S/C15H11NO3S2/c17-14(18)6-5-10-7-11(20-8-10)9-21-15-16-12-3-1-2-4-13(12)19-15/h1-8H,9H2,(H,17,18). The van der Waals surface area contributed by atoms with Crippen LogP contribution in [0.25, 0.3) is 17.2 Å². The molecule has 0 unspecified atom stereocenters. The molecule has 21 heavy (non-hydrogen) atoms. The number of fused-ring (bicyclic) bond motifs is 1. The van der Waals surface area contributed by atoms with Crippen molar-refractivity contribution in [3.05, 3.63) is 52.2 Å². The number of hydrogen-bond donors (Lipinski definition) is 1. The Bertz CT molecular complexity index is 771. The summed E-state index contributed by atoms with van der Waals surface area (Å²) in [5, 5.41) is 11.2. The maximum Gasteiger partial charge on any atom is 0.328 e. The van der Waals surface area contributed by atoms with Gasteiger partial charge in [0, 0.05) is 16.7 Å². The van der Waals surface area contributed by atoms with E-state index >= 15 is 0 Å². The molecule has 0 saturated heterocycles. The molecule has 3 aromatic rings. The molecule has 0 fully saturated rings. The van der Waals surface area contributed by atoms with Crippen LogP contribution in [0.5, 0.6) is 0 Å². The van der Waals surface area contributed by atoms with Crippen LogP contribution in [-0.4, -0.2) is 16.1 Å². The molecule has 2 aromatic heterocycles. The lowest BCUT2D eigenvalue weighted by atomic mass is 10.3. The van der Waals surface area contributed by atoms with Crippen molar-refractivity contribution in [3.8, 4) is 0 Å². The molecule has 2 heterocycles. The molecule has 0 aliphatic rings. The zero-order chi connectivity index (χ0) is 14.7. The van der Waals surface area contributed by atoms with Gasteiger partial charge in [-0.3, -0.25) is 0 Å². The Kier molecular flexibility index (Phi) is 4.08. The fraction of sp³-hybridized carbons (Fsp3) is 0.0667. The van der Waals surface area contributed by atoms with E-state index in [9.17, 15) is 4.79 Å². The molecule has 0 aliphatic heterocycles. The summed E-state index contributed by atoms with van der Waals surface area (Å²) in [5.74, 6) is -0.193. The summed E-state index contributed by atoms with van der Waals surface area (Å²) in [6.45, 7) is 0. The normalized spacial score (nSPS) is 11.4. The molecule has 0 atom stereocenters. The Hall–Kier alpha value is -2.05. The molecule has 0 radical (unpaired) electrons. The first kappa shape index (κ1) is 13.9. The number of carboxylic acids is 1. The van der Waals surface area contributed by atoms with Gasteiger partial charge in [0.1, 0.15) is 5.52 Å². The second-order valence-electron chi connectivity index (χ2n) is 4.25. The smallest absolute Gasteiger partial charge is 0.328 e. The molecule has 0 spiro atoms. The molecule has 4 nitrogen and oxygen atoms in total. The molecule has 6 heteroatoms. The number of thioether (sulfide) groups is 1. The number of benzene rings is 1. The minimum atomic E-state index is -0.941. The molecule has 0 amide bonds. The largest absolute Gasteiger partial charge is 0.478 e. The lowest BCUT2D eigenvalue weighted by Gasteiger charge is -1.92. The summed E-state index contributed by atoms with van der Waals surface area (Å²) >= 11 is 3.12. The maximum absolute atomic E-state index is 10.5. The monoisotopic (exact) mass is 317 g/mol. The molecule has 106 valence electrons. The third kappa shape index (κ3) is 3.53. The summed E-state index contributed by atoms with van der Waals surface area (Å²) in [7, 11) is 0. The number of aliphatic carboxylic acids is 1. The summed E-state index contributed by atoms with van der Waals surface area (Å²) in [5.41, 5.74) is 2.54. The highest BCUT2D eigenvalue weighted by atomic mass is 32.2. The van der Waals surface area contributed by atoms with Gasteiger partial charge in [-0.2, -0.15) is 0 Å². The van der Waals surface area contributed by atoms with Crippen molar-refractivity contribution in [1.29, 1.82) is 0 Å². The van der Waals surface area contributed by atoms with E-state index in [1.54, 1.807) is 17.4 Å². The molecular formula is C15H11NO3S2. The van der Waals surface area contributed by atoms with Crippen molar-refractivity contribution in [2.45, 2.75) is 11.0 Å². The Balaban J connectivity index is 1.66. The average molecular weight is 317 g/mol. The zero-order valence-corrected chi connectivity index (χ0v) is 12.5. The minimum absolute atomic E-state index is 0.646. The number of carbonyl (C=O) groups is 1. The van der Waals surface area contributed by atoms with E-state index in [4.69, 9.17) is 9.52 Å². The number of oxazole rings is 1. The number of para-hydroxylation sites is 2. The Morgan fingerprint density at radius 1 is 1.43 bits per heavy atom. The minimum Gasteiger partial charge on any atom is -0.478 e. The first-order valence-electron chi connectivity index (χ1n) is 6.17. The van der Waals surface area contributed by atoms with Crippen molar-refractivity contribution in [2.24, 2.45) is 0 Å². The maximum atomic E-state index is 10.5. The van der Waals surface area contributed by atoms with Gasteiger partial charge in [0.05, 0.1) is 0 Å². The van der Waals surface area contributed by atoms with Crippen LogP contribution in [0.15, 0.2) is 51.4 Å². The Labute approximate surface area is 129 Å². The van der Waals surface area contributed by atoms with Crippen LogP contribution in [-0.2, 0) is 10.5 Å². The van der Waals surface area contributed by atoms with E-state index < -0.39 is 5.97 Å². The summed E-state index contributed by atoms with van der Waals surface area (Å²) in [6, 6.07) is 9.64. The molecule has 0 saturated carbocycles. The topological polar surface area (TPSA) is 63.3 Å².